The summed E-state index contributed by atoms with van der Waals surface area (Å²) in [6.45, 7) is 0.335. The van der Waals surface area contributed by atoms with Gasteiger partial charge in [0, 0.05) is 5.56 Å². The third-order valence-corrected chi connectivity index (χ3v) is 4.55. The van der Waals surface area contributed by atoms with Crippen LogP contribution in [0.2, 0.25) is 0 Å². The fourth-order valence-electron chi connectivity index (χ4n) is 3.15. The fraction of sp³-hybridized carbons (Fsp3) is 0.333. The van der Waals surface area contributed by atoms with Crippen molar-refractivity contribution in [1.29, 1.82) is 5.26 Å². The quantitative estimate of drug-likeness (QED) is 0.551. The zero-order valence-electron chi connectivity index (χ0n) is 15.4. The van der Waals surface area contributed by atoms with Crippen LogP contribution in [-0.2, 0) is 12.2 Å². The molecule has 0 amide bonds. The predicted molar refractivity (Wildman–Crippen MR) is 99.5 cm³/mol. The Morgan fingerprint density at radius 3 is 2.44 bits per heavy atom. The molecule has 1 unspecified atom stereocenters. The molecule has 1 atom stereocenters. The minimum Gasteiger partial charge on any atom is -0.392 e. The normalized spacial score (nSPS) is 13.2. The molecule has 0 bridgehead atoms. The highest BCUT2D eigenvalue weighted by molar-refractivity contribution is 6.07. The lowest BCUT2D eigenvalue weighted by molar-refractivity contribution is 0.0640. The van der Waals surface area contributed by atoms with Crippen molar-refractivity contribution in [2.45, 2.75) is 25.0 Å². The third-order valence-electron chi connectivity index (χ3n) is 4.55. The molecule has 0 radical (unpaired) electrons. The Morgan fingerprint density at radius 2 is 1.89 bits per heavy atom. The molecule has 2 aromatic rings. The van der Waals surface area contributed by atoms with E-state index in [1.54, 1.807) is 12.1 Å². The van der Waals surface area contributed by atoms with Gasteiger partial charge in [0.1, 0.15) is 17.5 Å². The number of nitrogens with zero attached hydrogens (tertiary/aromatic N) is 2. The SMILES string of the molecule is CN(C)CCCC(O)(c1ccc(F)cc1)c1ccc(C(=O)C#N)cc1CO. The molecule has 0 saturated carbocycles. The third kappa shape index (κ3) is 4.77. The van der Waals surface area contributed by atoms with Gasteiger partial charge in [0.05, 0.1) is 6.61 Å². The minimum absolute atomic E-state index is 0.153. The number of rotatable bonds is 8. The van der Waals surface area contributed by atoms with Crippen molar-refractivity contribution in [3.8, 4) is 6.07 Å². The van der Waals surface area contributed by atoms with E-state index in [-0.39, 0.29) is 5.56 Å². The van der Waals surface area contributed by atoms with Gasteiger partial charge >= 0.3 is 0 Å². The molecule has 0 aliphatic rings. The smallest absolute Gasteiger partial charge is 0.262 e. The Kier molecular flexibility index (Phi) is 6.81. The maximum Gasteiger partial charge on any atom is 0.262 e. The summed E-state index contributed by atoms with van der Waals surface area (Å²) in [4.78, 5) is 13.6. The molecular weight excluding hydrogens is 347 g/mol. The summed E-state index contributed by atoms with van der Waals surface area (Å²) in [5, 5.41) is 30.1. The van der Waals surface area contributed by atoms with Crippen LogP contribution >= 0.6 is 0 Å². The van der Waals surface area contributed by atoms with Crippen molar-refractivity contribution in [1.82, 2.24) is 4.90 Å². The monoisotopic (exact) mass is 370 g/mol. The molecule has 2 N–H and O–H groups in total. The molecule has 0 aliphatic heterocycles. The standard InChI is InChI=1S/C21H23FN2O3/c1-24(2)11-3-10-21(27,17-5-7-18(22)8-6-17)19-9-4-15(20(26)13-23)12-16(19)14-25/h4-9,12,25,27H,3,10-11,14H2,1-2H3. The topological polar surface area (TPSA) is 84.6 Å². The van der Waals surface area contributed by atoms with E-state index in [0.717, 1.165) is 6.54 Å². The number of Topliss-reactive ketones (excluding diaryl/α,β-unsaturated/α-hetero) is 1. The molecule has 0 saturated heterocycles. The summed E-state index contributed by atoms with van der Waals surface area (Å²) in [6.07, 6.45) is 1.000. The average Bonchev–Trinajstić information content (AvgIpc) is 2.66. The molecule has 0 aliphatic carbocycles. The maximum atomic E-state index is 13.4. The van der Waals surface area contributed by atoms with Crippen molar-refractivity contribution in [3.05, 3.63) is 70.5 Å². The minimum atomic E-state index is -1.46. The lowest BCUT2D eigenvalue weighted by Crippen LogP contribution is -2.30. The molecular formula is C21H23FN2O3. The van der Waals surface area contributed by atoms with Crippen molar-refractivity contribution >= 4 is 5.78 Å². The number of hydrogen-bond donors (Lipinski definition) is 2. The van der Waals surface area contributed by atoms with Crippen LogP contribution in [0.25, 0.3) is 0 Å². The van der Waals surface area contributed by atoms with Gasteiger partial charge < -0.3 is 15.1 Å². The molecule has 2 rings (SSSR count). The number of carbonyl (C=O) groups excluding carboxylic acids is 1. The largest absolute Gasteiger partial charge is 0.392 e. The summed E-state index contributed by atoms with van der Waals surface area (Å²) in [5.41, 5.74) is -0.0231. The van der Waals surface area contributed by atoms with Crippen molar-refractivity contribution in [3.63, 3.8) is 0 Å². The molecule has 142 valence electrons. The zero-order chi connectivity index (χ0) is 20.0. The molecule has 6 heteroatoms. The van der Waals surface area contributed by atoms with Crippen LogP contribution in [0, 0.1) is 17.1 Å². The van der Waals surface area contributed by atoms with Crippen molar-refractivity contribution in [2.24, 2.45) is 0 Å². The zero-order valence-corrected chi connectivity index (χ0v) is 15.4. The average molecular weight is 370 g/mol. The van der Waals surface area contributed by atoms with Crippen LogP contribution < -0.4 is 0 Å². The highest BCUT2D eigenvalue weighted by atomic mass is 19.1. The fourth-order valence-corrected chi connectivity index (χ4v) is 3.15. The molecule has 0 aromatic heterocycles. The Hall–Kier alpha value is -2.59. The van der Waals surface area contributed by atoms with E-state index in [4.69, 9.17) is 5.26 Å². The van der Waals surface area contributed by atoms with Crippen LogP contribution in [0.15, 0.2) is 42.5 Å². The van der Waals surface area contributed by atoms with Gasteiger partial charge in [-0.05, 0) is 74.4 Å². The van der Waals surface area contributed by atoms with Crippen LogP contribution in [-0.4, -0.2) is 41.5 Å². The Bertz CT molecular complexity index is 843. The number of benzene rings is 2. The molecule has 27 heavy (non-hydrogen) atoms. The van der Waals surface area contributed by atoms with E-state index >= 15 is 0 Å². The molecule has 0 heterocycles. The van der Waals surface area contributed by atoms with Crippen LogP contribution in [0.5, 0.6) is 0 Å². The Morgan fingerprint density at radius 1 is 1.22 bits per heavy atom. The number of aliphatic hydroxyl groups excluding tert-OH is 1. The highest BCUT2D eigenvalue weighted by Crippen LogP contribution is 2.37. The number of nitriles is 1. The number of ketones is 1. The number of hydrogen-bond acceptors (Lipinski definition) is 5. The predicted octanol–water partition coefficient (Wildman–Crippen LogP) is 2.60. The summed E-state index contributed by atoms with van der Waals surface area (Å²) >= 11 is 0. The van der Waals surface area contributed by atoms with Gasteiger partial charge in [-0.15, -0.1) is 0 Å². The van der Waals surface area contributed by atoms with E-state index < -0.39 is 23.8 Å². The van der Waals surface area contributed by atoms with Gasteiger partial charge in [-0.2, -0.15) is 5.26 Å². The van der Waals surface area contributed by atoms with E-state index in [0.29, 0.717) is 29.5 Å². The van der Waals surface area contributed by atoms with E-state index in [2.05, 4.69) is 0 Å². The first-order chi connectivity index (χ1) is 12.8. The second-order valence-corrected chi connectivity index (χ2v) is 6.74. The van der Waals surface area contributed by atoms with Crippen LogP contribution in [0.1, 0.15) is 39.9 Å². The van der Waals surface area contributed by atoms with Gasteiger partial charge in [-0.1, -0.05) is 18.2 Å². The first kappa shape index (κ1) is 20.7. The summed E-state index contributed by atoms with van der Waals surface area (Å²) in [7, 11) is 3.86. The highest BCUT2D eigenvalue weighted by Gasteiger charge is 2.33. The molecule has 0 fully saturated rings. The first-order valence-corrected chi connectivity index (χ1v) is 8.63. The number of carbonyl (C=O) groups is 1. The number of halogens is 1. The summed E-state index contributed by atoms with van der Waals surface area (Å²) in [5.74, 6) is -1.12. The maximum absolute atomic E-state index is 13.4. The van der Waals surface area contributed by atoms with Gasteiger partial charge in [-0.25, -0.2) is 4.39 Å². The molecule has 5 nitrogen and oxygen atoms in total. The van der Waals surface area contributed by atoms with Crippen molar-refractivity contribution in [2.75, 3.05) is 20.6 Å². The van der Waals surface area contributed by atoms with Gasteiger partial charge in [0.15, 0.2) is 0 Å². The Balaban J connectivity index is 2.54. The molecule has 2 aromatic carbocycles. The number of aliphatic hydroxyl groups is 2. The second-order valence-electron chi connectivity index (χ2n) is 6.74. The Labute approximate surface area is 158 Å². The lowest BCUT2D eigenvalue weighted by Gasteiger charge is -2.32. The van der Waals surface area contributed by atoms with Gasteiger partial charge in [0.25, 0.3) is 5.78 Å². The lowest BCUT2D eigenvalue weighted by atomic mass is 9.79. The van der Waals surface area contributed by atoms with Crippen LogP contribution in [0.3, 0.4) is 0 Å². The van der Waals surface area contributed by atoms with E-state index in [1.165, 1.54) is 36.4 Å². The van der Waals surface area contributed by atoms with E-state index in [9.17, 15) is 19.4 Å². The second kappa shape index (κ2) is 8.87. The van der Waals surface area contributed by atoms with Gasteiger partial charge in [0.2, 0.25) is 0 Å². The first-order valence-electron chi connectivity index (χ1n) is 8.63. The van der Waals surface area contributed by atoms with Gasteiger partial charge in [-0.3, -0.25) is 4.79 Å². The summed E-state index contributed by atoms with van der Waals surface area (Å²) in [6, 6.07) is 11.6. The van der Waals surface area contributed by atoms with Crippen molar-refractivity contribution < 1.29 is 19.4 Å². The summed E-state index contributed by atoms with van der Waals surface area (Å²) < 4.78 is 13.4. The van der Waals surface area contributed by atoms with E-state index in [1.807, 2.05) is 19.0 Å². The van der Waals surface area contributed by atoms with Crippen LogP contribution in [0.4, 0.5) is 4.39 Å². The molecule has 0 spiro atoms.